The van der Waals surface area contributed by atoms with E-state index in [9.17, 15) is 14.9 Å². The highest BCUT2D eigenvalue weighted by Crippen LogP contribution is 2.22. The average molecular weight is 461 g/mol. The predicted molar refractivity (Wildman–Crippen MR) is 131 cm³/mol. The third-order valence-electron chi connectivity index (χ3n) is 5.58. The zero-order chi connectivity index (χ0) is 25.4. The normalized spacial score (nSPS) is 12.1. The largest absolute Gasteiger partial charge is 0.444 e. The Morgan fingerprint density at radius 3 is 1.91 bits per heavy atom. The van der Waals surface area contributed by atoms with Crippen molar-refractivity contribution < 1.29 is 14.3 Å². The van der Waals surface area contributed by atoms with Crippen LogP contribution in [0.15, 0.2) is 48.5 Å². The number of nitrogens with one attached hydrogen (secondary N) is 2. The molecule has 0 aromatic heterocycles. The average Bonchev–Trinajstić information content (AvgIpc) is 2.81. The number of ether oxygens (including phenoxy) is 1. The molecule has 2 N–H and O–H groups in total. The van der Waals surface area contributed by atoms with Crippen molar-refractivity contribution in [1.29, 1.82) is 10.5 Å². The molecule has 34 heavy (non-hydrogen) atoms. The summed E-state index contributed by atoms with van der Waals surface area (Å²) >= 11 is 0. The molecule has 1 unspecified atom stereocenters. The number of alkyl carbamates (subject to hydrolysis) is 1. The van der Waals surface area contributed by atoms with E-state index in [4.69, 9.17) is 10.00 Å². The van der Waals surface area contributed by atoms with E-state index in [0.717, 1.165) is 16.7 Å². The first-order valence-electron chi connectivity index (χ1n) is 11.4. The molecule has 0 fully saturated rings. The van der Waals surface area contributed by atoms with Crippen molar-refractivity contribution in [3.05, 3.63) is 59.7 Å². The van der Waals surface area contributed by atoms with E-state index in [1.54, 1.807) is 32.9 Å². The zero-order valence-electron chi connectivity index (χ0n) is 20.4. The van der Waals surface area contributed by atoms with Crippen LogP contribution in [0.3, 0.4) is 0 Å². The van der Waals surface area contributed by atoms with Gasteiger partial charge >= 0.3 is 6.09 Å². The van der Waals surface area contributed by atoms with E-state index in [1.165, 1.54) is 0 Å². The highest BCUT2D eigenvalue weighted by molar-refractivity contribution is 5.90. The monoisotopic (exact) mass is 460 g/mol. The lowest BCUT2D eigenvalue weighted by Crippen LogP contribution is -2.60. The fourth-order valence-corrected chi connectivity index (χ4v) is 3.54. The second kappa shape index (κ2) is 11.3. The van der Waals surface area contributed by atoms with Gasteiger partial charge < -0.3 is 15.4 Å². The summed E-state index contributed by atoms with van der Waals surface area (Å²) in [6.07, 6.45) is 0.363. The Bertz CT molecular complexity index is 1070. The van der Waals surface area contributed by atoms with Crippen LogP contribution in [-0.2, 0) is 16.0 Å². The maximum atomic E-state index is 13.1. The van der Waals surface area contributed by atoms with E-state index < -0.39 is 29.2 Å². The summed E-state index contributed by atoms with van der Waals surface area (Å²) in [7, 11) is 0. The lowest BCUT2D eigenvalue weighted by molar-refractivity contribution is -0.128. The summed E-state index contributed by atoms with van der Waals surface area (Å²) < 4.78 is 5.32. The van der Waals surface area contributed by atoms with E-state index in [-0.39, 0.29) is 0 Å². The number of carbonyl (C=O) groups is 2. The molecule has 2 rings (SSSR count). The third kappa shape index (κ3) is 7.08. The van der Waals surface area contributed by atoms with Gasteiger partial charge in [0.2, 0.25) is 5.91 Å². The molecule has 0 aliphatic carbocycles. The number of carbonyl (C=O) groups excluding carboxylic acids is 2. The summed E-state index contributed by atoms with van der Waals surface area (Å²) in [5, 5.41) is 24.1. The van der Waals surface area contributed by atoms with Crippen LogP contribution in [0.25, 0.3) is 11.1 Å². The van der Waals surface area contributed by atoms with Crippen LogP contribution in [0, 0.1) is 22.7 Å². The molecule has 178 valence electrons. The minimum Gasteiger partial charge on any atom is -0.444 e. The SMILES string of the molecule is CCC(CC)(NC(=O)OC(C)(C)C)C(=O)NC(C#N)Cc1ccc(-c2ccc(C#N)cc2)cc1. The quantitative estimate of drug-likeness (QED) is 0.584. The van der Waals surface area contributed by atoms with Crippen molar-refractivity contribution in [2.24, 2.45) is 0 Å². The third-order valence-corrected chi connectivity index (χ3v) is 5.58. The van der Waals surface area contributed by atoms with Crippen molar-refractivity contribution >= 4 is 12.0 Å². The second-order valence-corrected chi connectivity index (χ2v) is 9.16. The molecular weight excluding hydrogens is 428 g/mol. The highest BCUT2D eigenvalue weighted by atomic mass is 16.6. The number of benzene rings is 2. The highest BCUT2D eigenvalue weighted by Gasteiger charge is 2.38. The van der Waals surface area contributed by atoms with Crippen molar-refractivity contribution in [2.45, 2.75) is 71.1 Å². The van der Waals surface area contributed by atoms with Crippen LogP contribution in [-0.4, -0.2) is 29.2 Å². The lowest BCUT2D eigenvalue weighted by atomic mass is 9.91. The molecule has 7 heteroatoms. The van der Waals surface area contributed by atoms with E-state index in [1.807, 2.05) is 50.2 Å². The molecule has 7 nitrogen and oxygen atoms in total. The Labute approximate surface area is 201 Å². The van der Waals surface area contributed by atoms with Gasteiger partial charge in [-0.2, -0.15) is 10.5 Å². The van der Waals surface area contributed by atoms with Gasteiger partial charge in [-0.1, -0.05) is 50.2 Å². The molecule has 0 bridgehead atoms. The van der Waals surface area contributed by atoms with Crippen molar-refractivity contribution in [3.8, 4) is 23.3 Å². The van der Waals surface area contributed by atoms with Crippen LogP contribution >= 0.6 is 0 Å². The Morgan fingerprint density at radius 2 is 1.47 bits per heavy atom. The molecule has 0 spiro atoms. The molecule has 0 aliphatic heterocycles. The smallest absolute Gasteiger partial charge is 0.408 e. The molecule has 0 radical (unpaired) electrons. The zero-order valence-corrected chi connectivity index (χ0v) is 20.4. The predicted octanol–water partition coefficient (Wildman–Crippen LogP) is 4.86. The standard InChI is InChI=1S/C27H32N4O3/c1-6-27(7-2,31-25(33)34-26(3,4)5)24(32)30-23(18-29)16-19-8-12-21(13-9-19)22-14-10-20(17-28)11-15-22/h8-15,23H,6-7,16H2,1-5H3,(H,30,32)(H,31,33). The summed E-state index contributed by atoms with van der Waals surface area (Å²) in [6, 6.07) is 18.5. The van der Waals surface area contributed by atoms with Gasteiger partial charge in [0.15, 0.2) is 0 Å². The van der Waals surface area contributed by atoms with Gasteiger partial charge in [-0.25, -0.2) is 4.79 Å². The Balaban J connectivity index is 2.09. The number of nitriles is 2. The molecule has 2 aromatic carbocycles. The van der Waals surface area contributed by atoms with Crippen molar-refractivity contribution in [2.75, 3.05) is 0 Å². The summed E-state index contributed by atoms with van der Waals surface area (Å²) in [4.78, 5) is 25.5. The van der Waals surface area contributed by atoms with Gasteiger partial charge in [0.1, 0.15) is 17.2 Å². The van der Waals surface area contributed by atoms with E-state index in [0.29, 0.717) is 24.8 Å². The molecule has 0 aliphatic rings. The summed E-state index contributed by atoms with van der Waals surface area (Å²) in [5.41, 5.74) is 1.61. The molecule has 0 saturated heterocycles. The number of hydrogen-bond donors (Lipinski definition) is 2. The van der Waals surface area contributed by atoms with Crippen molar-refractivity contribution in [3.63, 3.8) is 0 Å². The molecule has 2 aromatic rings. The van der Waals surface area contributed by atoms with Gasteiger partial charge in [0.05, 0.1) is 17.7 Å². The summed E-state index contributed by atoms with van der Waals surface area (Å²) in [6.45, 7) is 8.88. The molecule has 0 saturated carbocycles. The number of amides is 2. The van der Waals surface area contributed by atoms with Crippen LogP contribution in [0.4, 0.5) is 4.79 Å². The van der Waals surface area contributed by atoms with Crippen LogP contribution in [0.5, 0.6) is 0 Å². The fraction of sp³-hybridized carbons (Fsp3) is 0.407. The first-order valence-corrected chi connectivity index (χ1v) is 11.4. The fourth-order valence-electron chi connectivity index (χ4n) is 3.54. The Kier molecular flexibility index (Phi) is 8.81. The van der Waals surface area contributed by atoms with Crippen molar-refractivity contribution in [1.82, 2.24) is 10.6 Å². The molecule has 2 amide bonds. The minimum absolute atomic E-state index is 0.325. The van der Waals surface area contributed by atoms with Crippen LogP contribution < -0.4 is 10.6 Å². The first kappa shape index (κ1) is 26.4. The Hall–Kier alpha value is -3.84. The van der Waals surface area contributed by atoms with E-state index in [2.05, 4.69) is 22.8 Å². The van der Waals surface area contributed by atoms with Gasteiger partial charge in [0.25, 0.3) is 0 Å². The lowest BCUT2D eigenvalue weighted by Gasteiger charge is -2.33. The van der Waals surface area contributed by atoms with E-state index >= 15 is 0 Å². The number of rotatable bonds is 8. The Morgan fingerprint density at radius 1 is 0.941 bits per heavy atom. The molecular formula is C27H32N4O3. The van der Waals surface area contributed by atoms with Gasteiger partial charge in [-0.15, -0.1) is 0 Å². The maximum Gasteiger partial charge on any atom is 0.408 e. The summed E-state index contributed by atoms with van der Waals surface area (Å²) in [5.74, 6) is -0.413. The van der Waals surface area contributed by atoms with Gasteiger partial charge in [-0.05, 0) is 62.4 Å². The van der Waals surface area contributed by atoms with Gasteiger partial charge in [0, 0.05) is 6.42 Å². The molecule has 0 heterocycles. The second-order valence-electron chi connectivity index (χ2n) is 9.16. The minimum atomic E-state index is -1.17. The topological polar surface area (TPSA) is 115 Å². The van der Waals surface area contributed by atoms with Crippen LogP contribution in [0.1, 0.15) is 58.6 Å². The van der Waals surface area contributed by atoms with Crippen LogP contribution in [0.2, 0.25) is 0 Å². The van der Waals surface area contributed by atoms with Gasteiger partial charge in [-0.3, -0.25) is 4.79 Å². The first-order chi connectivity index (χ1) is 16.1. The number of hydrogen-bond acceptors (Lipinski definition) is 5. The molecule has 1 atom stereocenters. The maximum absolute atomic E-state index is 13.1. The number of nitrogens with zero attached hydrogens (tertiary/aromatic N) is 2.